The fourth-order valence-corrected chi connectivity index (χ4v) is 2.13. The van der Waals surface area contributed by atoms with Gasteiger partial charge in [0.2, 0.25) is 0 Å². The van der Waals surface area contributed by atoms with Crippen molar-refractivity contribution in [1.82, 2.24) is 5.32 Å². The third-order valence-electron chi connectivity index (χ3n) is 3.16. The normalized spacial score (nSPS) is 12.4. The Balaban J connectivity index is 2.40. The van der Waals surface area contributed by atoms with Crippen LogP contribution in [0.25, 0.3) is 11.1 Å². The van der Waals surface area contributed by atoms with Crippen LogP contribution in [0, 0.1) is 11.6 Å². The number of hydrogen-bond donors (Lipinski definition) is 1. The number of rotatable bonds is 4. The summed E-state index contributed by atoms with van der Waals surface area (Å²) in [4.78, 5) is 0. The molecular formula is C16H17F2N. The molecule has 1 N–H and O–H groups in total. The smallest absolute Gasteiger partial charge is 0.166 e. The average molecular weight is 261 g/mol. The maximum absolute atomic E-state index is 13.8. The number of nitrogens with one attached hydrogen (secondary N) is 1. The average Bonchev–Trinajstić information content (AvgIpc) is 2.42. The van der Waals surface area contributed by atoms with E-state index in [0.29, 0.717) is 11.1 Å². The van der Waals surface area contributed by atoms with E-state index in [0.717, 1.165) is 18.2 Å². The van der Waals surface area contributed by atoms with E-state index in [1.807, 2.05) is 32.0 Å². The van der Waals surface area contributed by atoms with Crippen molar-refractivity contribution >= 4 is 0 Å². The van der Waals surface area contributed by atoms with E-state index in [4.69, 9.17) is 0 Å². The molecule has 0 amide bonds. The minimum atomic E-state index is -0.817. The van der Waals surface area contributed by atoms with Crippen LogP contribution in [0.15, 0.2) is 42.5 Å². The molecule has 0 bridgehead atoms. The summed E-state index contributed by atoms with van der Waals surface area (Å²) in [5.74, 6) is -1.61. The van der Waals surface area contributed by atoms with Crippen LogP contribution in [0.2, 0.25) is 0 Å². The topological polar surface area (TPSA) is 12.0 Å². The molecular weight excluding hydrogens is 244 g/mol. The Labute approximate surface area is 112 Å². The maximum atomic E-state index is 13.8. The summed E-state index contributed by atoms with van der Waals surface area (Å²) in [5.41, 5.74) is 2.05. The van der Waals surface area contributed by atoms with Gasteiger partial charge in [-0.25, -0.2) is 8.78 Å². The summed E-state index contributed by atoms with van der Waals surface area (Å²) < 4.78 is 27.0. The molecule has 0 heterocycles. The van der Waals surface area contributed by atoms with Crippen molar-refractivity contribution in [2.45, 2.75) is 19.9 Å². The molecule has 0 saturated heterocycles. The van der Waals surface area contributed by atoms with Crippen LogP contribution < -0.4 is 5.32 Å². The van der Waals surface area contributed by atoms with Crippen molar-refractivity contribution in [2.24, 2.45) is 0 Å². The van der Waals surface area contributed by atoms with Crippen LogP contribution in [0.3, 0.4) is 0 Å². The Hall–Kier alpha value is -1.74. The quantitative estimate of drug-likeness (QED) is 0.865. The Kier molecular flexibility index (Phi) is 4.27. The molecule has 0 aliphatic rings. The first-order valence-corrected chi connectivity index (χ1v) is 6.41. The van der Waals surface area contributed by atoms with Crippen molar-refractivity contribution < 1.29 is 8.78 Å². The molecule has 1 unspecified atom stereocenters. The Bertz CT molecular complexity index is 566. The lowest BCUT2D eigenvalue weighted by molar-refractivity contribution is 0.511. The van der Waals surface area contributed by atoms with E-state index in [2.05, 4.69) is 5.32 Å². The van der Waals surface area contributed by atoms with Gasteiger partial charge in [-0.3, -0.25) is 0 Å². The highest BCUT2D eigenvalue weighted by molar-refractivity contribution is 5.65. The predicted molar refractivity (Wildman–Crippen MR) is 73.9 cm³/mol. The summed E-state index contributed by atoms with van der Waals surface area (Å²) in [7, 11) is 0. The van der Waals surface area contributed by atoms with E-state index in [1.165, 1.54) is 6.07 Å². The van der Waals surface area contributed by atoms with Gasteiger partial charge in [-0.15, -0.1) is 0 Å². The zero-order valence-corrected chi connectivity index (χ0v) is 11.1. The highest BCUT2D eigenvalue weighted by atomic mass is 19.2. The van der Waals surface area contributed by atoms with E-state index in [9.17, 15) is 8.78 Å². The first-order valence-electron chi connectivity index (χ1n) is 6.41. The minimum absolute atomic E-state index is 0.182. The molecule has 0 aliphatic carbocycles. The molecule has 2 aromatic carbocycles. The Morgan fingerprint density at radius 3 is 2.58 bits per heavy atom. The van der Waals surface area contributed by atoms with Crippen molar-refractivity contribution in [2.75, 3.05) is 6.54 Å². The van der Waals surface area contributed by atoms with Crippen molar-refractivity contribution in [1.29, 1.82) is 0 Å². The van der Waals surface area contributed by atoms with Gasteiger partial charge in [0.15, 0.2) is 11.6 Å². The second kappa shape index (κ2) is 5.93. The van der Waals surface area contributed by atoms with Gasteiger partial charge in [-0.1, -0.05) is 37.3 Å². The fourth-order valence-electron chi connectivity index (χ4n) is 2.13. The van der Waals surface area contributed by atoms with Gasteiger partial charge in [-0.05, 0) is 36.7 Å². The number of hydrogen-bond acceptors (Lipinski definition) is 1. The molecule has 1 nitrogen and oxygen atoms in total. The fraction of sp³-hybridized carbons (Fsp3) is 0.250. The van der Waals surface area contributed by atoms with Gasteiger partial charge in [0.25, 0.3) is 0 Å². The van der Waals surface area contributed by atoms with E-state index >= 15 is 0 Å². The zero-order chi connectivity index (χ0) is 13.8. The first kappa shape index (κ1) is 13.7. The number of benzene rings is 2. The van der Waals surface area contributed by atoms with Crippen molar-refractivity contribution in [3.63, 3.8) is 0 Å². The van der Waals surface area contributed by atoms with Crippen LogP contribution in [0.5, 0.6) is 0 Å². The highest BCUT2D eigenvalue weighted by Gasteiger charge is 2.11. The van der Waals surface area contributed by atoms with Gasteiger partial charge >= 0.3 is 0 Å². The summed E-state index contributed by atoms with van der Waals surface area (Å²) in [6.45, 7) is 4.94. The molecule has 0 fully saturated rings. The highest BCUT2D eigenvalue weighted by Crippen LogP contribution is 2.26. The largest absolute Gasteiger partial charge is 0.310 e. The summed E-state index contributed by atoms with van der Waals surface area (Å²) >= 11 is 0. The zero-order valence-electron chi connectivity index (χ0n) is 11.1. The van der Waals surface area contributed by atoms with Gasteiger partial charge < -0.3 is 5.32 Å². The van der Waals surface area contributed by atoms with Gasteiger partial charge in [-0.2, -0.15) is 0 Å². The molecule has 2 aromatic rings. The second-order valence-electron chi connectivity index (χ2n) is 4.51. The second-order valence-corrected chi connectivity index (χ2v) is 4.51. The van der Waals surface area contributed by atoms with Crippen LogP contribution >= 0.6 is 0 Å². The van der Waals surface area contributed by atoms with Crippen LogP contribution in [0.4, 0.5) is 8.78 Å². The number of halogens is 2. The predicted octanol–water partition coefficient (Wildman–Crippen LogP) is 4.30. The van der Waals surface area contributed by atoms with Crippen LogP contribution in [0.1, 0.15) is 25.5 Å². The van der Waals surface area contributed by atoms with Gasteiger partial charge in [0.1, 0.15) is 0 Å². The Morgan fingerprint density at radius 2 is 1.84 bits per heavy atom. The lowest BCUT2D eigenvalue weighted by Gasteiger charge is -2.14. The first-order chi connectivity index (χ1) is 9.13. The molecule has 0 aromatic heterocycles. The van der Waals surface area contributed by atoms with E-state index < -0.39 is 11.6 Å². The van der Waals surface area contributed by atoms with E-state index in [1.54, 1.807) is 12.1 Å². The molecule has 3 heteroatoms. The molecule has 2 rings (SSSR count). The lowest BCUT2D eigenvalue weighted by atomic mass is 9.99. The molecule has 0 aliphatic heterocycles. The molecule has 1 atom stereocenters. The molecule has 0 saturated carbocycles. The molecule has 19 heavy (non-hydrogen) atoms. The lowest BCUT2D eigenvalue weighted by Crippen LogP contribution is -2.17. The molecule has 100 valence electrons. The van der Waals surface area contributed by atoms with Gasteiger partial charge in [0.05, 0.1) is 0 Å². The molecule has 0 spiro atoms. The van der Waals surface area contributed by atoms with Gasteiger partial charge in [0, 0.05) is 11.6 Å². The summed E-state index contributed by atoms with van der Waals surface area (Å²) in [6, 6.07) is 12.0. The minimum Gasteiger partial charge on any atom is -0.310 e. The van der Waals surface area contributed by atoms with Crippen LogP contribution in [-0.4, -0.2) is 6.54 Å². The summed E-state index contributed by atoms with van der Waals surface area (Å²) in [5, 5.41) is 3.30. The maximum Gasteiger partial charge on any atom is 0.166 e. The van der Waals surface area contributed by atoms with E-state index in [-0.39, 0.29) is 6.04 Å². The van der Waals surface area contributed by atoms with Crippen molar-refractivity contribution in [3.05, 3.63) is 59.7 Å². The third-order valence-corrected chi connectivity index (χ3v) is 3.16. The standard InChI is InChI=1S/C16H17F2N/c1-3-19-11(2)12-6-4-7-13(10-12)14-8-5-9-15(17)16(14)18/h4-11,19H,3H2,1-2H3. The molecule has 0 radical (unpaired) electrons. The third kappa shape index (κ3) is 2.99. The monoisotopic (exact) mass is 261 g/mol. The SMILES string of the molecule is CCNC(C)c1cccc(-c2cccc(F)c2F)c1. The van der Waals surface area contributed by atoms with Crippen LogP contribution in [-0.2, 0) is 0 Å². The summed E-state index contributed by atoms with van der Waals surface area (Å²) in [6.07, 6.45) is 0. The Morgan fingerprint density at radius 1 is 1.11 bits per heavy atom. The van der Waals surface area contributed by atoms with Crippen molar-refractivity contribution in [3.8, 4) is 11.1 Å².